The Kier molecular flexibility index (Phi) is 5.51. The van der Waals surface area contributed by atoms with E-state index in [-0.39, 0.29) is 0 Å². The number of hydrogen-bond acceptors (Lipinski definition) is 9. The first-order valence-corrected chi connectivity index (χ1v) is 14.4. The van der Waals surface area contributed by atoms with Crippen LogP contribution in [0.1, 0.15) is 10.9 Å². The lowest BCUT2D eigenvalue weighted by atomic mass is 10.3. The van der Waals surface area contributed by atoms with Crippen molar-refractivity contribution in [3.8, 4) is 0 Å². The van der Waals surface area contributed by atoms with Gasteiger partial charge in [-0.15, -0.1) is 47.0 Å². The Bertz CT molecular complexity index is 749. The summed E-state index contributed by atoms with van der Waals surface area (Å²) < 4.78 is 9.06. The predicted molar refractivity (Wildman–Crippen MR) is 123 cm³/mol. The zero-order chi connectivity index (χ0) is 15.9. The molecule has 1 atom stereocenters. The first-order chi connectivity index (χ1) is 11.9. The molecule has 5 rings (SSSR count). The molecule has 0 bridgehead atoms. The van der Waals surface area contributed by atoms with Crippen LogP contribution in [-0.4, -0.2) is 22.2 Å². The van der Waals surface area contributed by atoms with Crippen molar-refractivity contribution in [2.45, 2.75) is 5.25 Å². The summed E-state index contributed by atoms with van der Waals surface area (Å²) in [5.41, 5.74) is 1.21. The molecular weight excluding hydrogens is 451 g/mol. The molecule has 0 radical (unpaired) electrons. The smallest absolute Gasteiger partial charge is 0.0717 e. The van der Waals surface area contributed by atoms with Gasteiger partial charge in [0, 0.05) is 23.5 Å². The van der Waals surface area contributed by atoms with E-state index in [1.807, 2.05) is 106 Å². The summed E-state index contributed by atoms with van der Waals surface area (Å²) in [5.74, 6) is 3.63. The minimum atomic E-state index is 0.480. The van der Waals surface area contributed by atoms with Gasteiger partial charge in [-0.3, -0.25) is 4.98 Å². The fraction of sp³-hybridized carbons (Fsp3) is 0.267. The number of rotatable bonds is 1. The molecule has 24 heavy (non-hydrogen) atoms. The van der Waals surface area contributed by atoms with Crippen LogP contribution in [0.3, 0.4) is 0 Å². The molecule has 1 unspecified atom stereocenters. The van der Waals surface area contributed by atoms with E-state index < -0.39 is 0 Å². The third kappa shape index (κ3) is 3.48. The predicted octanol–water partition coefficient (Wildman–Crippen LogP) is 7.42. The van der Waals surface area contributed by atoms with Gasteiger partial charge < -0.3 is 0 Å². The van der Waals surface area contributed by atoms with Crippen molar-refractivity contribution in [3.63, 3.8) is 0 Å². The summed E-state index contributed by atoms with van der Waals surface area (Å²) in [4.78, 5) is 4.56. The molecule has 1 nitrogen and oxygen atoms in total. The highest BCUT2D eigenvalue weighted by molar-refractivity contribution is 8.45. The molecule has 124 valence electrons. The Balaban J connectivity index is 1.32. The van der Waals surface area contributed by atoms with Crippen molar-refractivity contribution in [2.24, 2.45) is 0 Å². The van der Waals surface area contributed by atoms with Gasteiger partial charge in [0.25, 0.3) is 0 Å². The van der Waals surface area contributed by atoms with Crippen molar-refractivity contribution in [3.05, 3.63) is 55.5 Å². The SMILES string of the molecule is c1ccc(C2CSC3=C(SC(=C4SC5=C(SCCS5)S4)S3)S2)nc1. The molecule has 0 N–H and O–H groups in total. The fourth-order valence-electron chi connectivity index (χ4n) is 2.34. The van der Waals surface area contributed by atoms with Crippen LogP contribution in [0.25, 0.3) is 0 Å². The van der Waals surface area contributed by atoms with E-state index in [9.17, 15) is 0 Å². The molecule has 0 aliphatic carbocycles. The highest BCUT2D eigenvalue weighted by atomic mass is 32.3. The van der Waals surface area contributed by atoms with Crippen molar-refractivity contribution in [2.75, 3.05) is 17.3 Å². The zero-order valence-electron chi connectivity index (χ0n) is 12.2. The maximum absolute atomic E-state index is 4.56. The normalized spacial score (nSPS) is 26.9. The topological polar surface area (TPSA) is 12.9 Å². The van der Waals surface area contributed by atoms with Crippen LogP contribution in [0, 0.1) is 0 Å². The van der Waals surface area contributed by atoms with Crippen LogP contribution in [0.2, 0.25) is 0 Å². The van der Waals surface area contributed by atoms with E-state index in [1.165, 1.54) is 42.6 Å². The van der Waals surface area contributed by atoms with E-state index in [4.69, 9.17) is 0 Å². The summed E-state index contributed by atoms with van der Waals surface area (Å²) in [6.45, 7) is 0. The van der Waals surface area contributed by atoms with Gasteiger partial charge in [0.2, 0.25) is 0 Å². The quantitative estimate of drug-likeness (QED) is 0.420. The first kappa shape index (κ1) is 17.3. The maximum atomic E-state index is 4.56. The summed E-state index contributed by atoms with van der Waals surface area (Å²) in [5, 5.41) is 0.480. The molecule has 4 aliphatic heterocycles. The zero-order valence-corrected chi connectivity index (χ0v) is 18.8. The molecule has 0 saturated carbocycles. The lowest BCUT2D eigenvalue weighted by Gasteiger charge is -2.20. The molecule has 0 aromatic carbocycles. The van der Waals surface area contributed by atoms with Gasteiger partial charge in [-0.1, -0.05) is 53.1 Å². The Labute approximate surface area is 175 Å². The van der Waals surface area contributed by atoms with Crippen molar-refractivity contribution in [1.29, 1.82) is 0 Å². The van der Waals surface area contributed by atoms with Gasteiger partial charge in [0.15, 0.2) is 0 Å². The lowest BCUT2D eigenvalue weighted by Crippen LogP contribution is -2.03. The molecule has 5 heterocycles. The summed E-state index contributed by atoms with van der Waals surface area (Å²) in [6, 6.07) is 6.25. The maximum Gasteiger partial charge on any atom is 0.0717 e. The summed E-state index contributed by atoms with van der Waals surface area (Å²) in [7, 11) is 0. The Hall–Kier alpha value is 1.17. The van der Waals surface area contributed by atoms with Crippen molar-refractivity contribution < 1.29 is 0 Å². The molecule has 9 heteroatoms. The molecule has 0 amide bonds. The average molecular weight is 462 g/mol. The van der Waals surface area contributed by atoms with Crippen LogP contribution >= 0.6 is 94.1 Å². The molecule has 1 aromatic heterocycles. The largest absolute Gasteiger partial charge is 0.260 e. The van der Waals surface area contributed by atoms with Gasteiger partial charge >= 0.3 is 0 Å². The van der Waals surface area contributed by atoms with Crippen LogP contribution < -0.4 is 0 Å². The van der Waals surface area contributed by atoms with E-state index in [0.717, 1.165) is 5.75 Å². The van der Waals surface area contributed by atoms with E-state index in [1.54, 1.807) is 0 Å². The molecule has 0 spiro atoms. The summed E-state index contributed by atoms with van der Waals surface area (Å²) >= 11 is 16.1. The van der Waals surface area contributed by atoms with Gasteiger partial charge in [0.1, 0.15) is 0 Å². The average Bonchev–Trinajstić information content (AvgIpc) is 3.25. The minimum Gasteiger partial charge on any atom is -0.260 e. The third-order valence-corrected chi connectivity index (χ3v) is 15.7. The van der Waals surface area contributed by atoms with Crippen LogP contribution in [0.4, 0.5) is 0 Å². The van der Waals surface area contributed by atoms with Crippen molar-refractivity contribution in [1.82, 2.24) is 4.98 Å². The van der Waals surface area contributed by atoms with Gasteiger partial charge in [0.05, 0.1) is 36.4 Å². The number of nitrogens with zero attached hydrogens (tertiary/aromatic N) is 1. The second-order valence-electron chi connectivity index (χ2n) is 5.00. The summed E-state index contributed by atoms with van der Waals surface area (Å²) in [6.07, 6.45) is 1.91. The molecule has 0 fully saturated rings. The molecule has 0 saturated heterocycles. The van der Waals surface area contributed by atoms with E-state index in [0.29, 0.717) is 5.25 Å². The molecule has 1 aromatic rings. The van der Waals surface area contributed by atoms with Gasteiger partial charge in [-0.2, -0.15) is 0 Å². The molecule has 4 aliphatic rings. The van der Waals surface area contributed by atoms with Crippen LogP contribution in [0.15, 0.2) is 49.8 Å². The van der Waals surface area contributed by atoms with E-state index in [2.05, 4.69) is 17.1 Å². The first-order valence-electron chi connectivity index (χ1n) is 7.27. The Morgan fingerprint density at radius 3 is 2.08 bits per heavy atom. The van der Waals surface area contributed by atoms with Crippen LogP contribution in [0.5, 0.6) is 0 Å². The second-order valence-corrected chi connectivity index (χ2v) is 15.1. The fourth-order valence-corrected chi connectivity index (χ4v) is 14.9. The van der Waals surface area contributed by atoms with Crippen molar-refractivity contribution >= 4 is 94.1 Å². The van der Waals surface area contributed by atoms with Gasteiger partial charge in [-0.25, -0.2) is 0 Å². The highest BCUT2D eigenvalue weighted by Crippen LogP contribution is 2.69. The number of thioether (sulfide) groups is 8. The second kappa shape index (κ2) is 7.66. The Morgan fingerprint density at radius 2 is 1.42 bits per heavy atom. The monoisotopic (exact) mass is 461 g/mol. The Morgan fingerprint density at radius 1 is 0.750 bits per heavy atom. The van der Waals surface area contributed by atoms with Gasteiger partial charge in [-0.05, 0) is 12.1 Å². The minimum absolute atomic E-state index is 0.480. The van der Waals surface area contributed by atoms with E-state index >= 15 is 0 Å². The number of hydrogen-bond donors (Lipinski definition) is 0. The molecular formula is C15H11NS8. The third-order valence-electron chi connectivity index (χ3n) is 3.42. The highest BCUT2D eigenvalue weighted by Gasteiger charge is 2.35. The lowest BCUT2D eigenvalue weighted by molar-refractivity contribution is 1.02. The number of aromatic nitrogens is 1. The number of pyridine rings is 1. The standard InChI is InChI=1S/C15H11NS8/c1-2-4-16-8(3-1)9-7-19-12-13(20-9)24-15(23-12)14-21-10-11(22-14)18-6-5-17-10/h1-4,9H,5-7H2. The van der Waals surface area contributed by atoms with Crippen LogP contribution in [-0.2, 0) is 0 Å².